The number of nitrogens with one attached hydrogen (secondary N) is 2. The van der Waals surface area contributed by atoms with Gasteiger partial charge >= 0.3 is 0 Å². The Kier molecular flexibility index (Phi) is 10.7. The number of benzene rings is 3. The molecule has 4 aromatic rings. The molecule has 0 spiro atoms. The number of ether oxygens (including phenoxy) is 1. The molecule has 10 nitrogen and oxygen atoms in total. The van der Waals surface area contributed by atoms with Gasteiger partial charge in [-0.2, -0.15) is 9.41 Å². The second-order valence-electron chi connectivity index (χ2n) is 10.2. The zero-order chi connectivity index (χ0) is 31.7. The SMILES string of the molecule is CCOc1ccc(-n2c(C)cc(/C=N/NC(=O)CN(CCc3ccccc3)S(=O)(=O)c3ccc(NC(C)=O)cc3)c2C)cc1. The molecule has 230 valence electrons. The van der Waals surface area contributed by atoms with E-state index in [1.165, 1.54) is 31.2 Å². The molecule has 11 heteroatoms. The molecule has 0 saturated carbocycles. The van der Waals surface area contributed by atoms with E-state index in [0.717, 1.165) is 38.3 Å². The molecule has 0 saturated heterocycles. The van der Waals surface area contributed by atoms with Gasteiger partial charge in [0.15, 0.2) is 0 Å². The highest BCUT2D eigenvalue weighted by Crippen LogP contribution is 2.22. The summed E-state index contributed by atoms with van der Waals surface area (Å²) in [4.78, 5) is 24.3. The lowest BCUT2D eigenvalue weighted by atomic mass is 10.1. The van der Waals surface area contributed by atoms with Crippen molar-refractivity contribution in [3.63, 3.8) is 0 Å². The molecule has 0 aliphatic heterocycles. The Morgan fingerprint density at radius 1 is 0.977 bits per heavy atom. The molecular weight excluding hydrogens is 578 g/mol. The summed E-state index contributed by atoms with van der Waals surface area (Å²) in [5.74, 6) is -0.0430. The number of anilines is 1. The lowest BCUT2D eigenvalue weighted by Gasteiger charge is -2.21. The van der Waals surface area contributed by atoms with E-state index in [-0.39, 0.29) is 17.3 Å². The summed E-state index contributed by atoms with van der Waals surface area (Å²) in [6.45, 7) is 7.51. The number of hydrogen-bond donors (Lipinski definition) is 2. The predicted molar refractivity (Wildman–Crippen MR) is 172 cm³/mol. The van der Waals surface area contributed by atoms with Crippen molar-refractivity contribution in [1.82, 2.24) is 14.3 Å². The van der Waals surface area contributed by atoms with E-state index in [1.807, 2.05) is 81.4 Å². The molecule has 0 fully saturated rings. The van der Waals surface area contributed by atoms with E-state index in [2.05, 4.69) is 20.4 Å². The Bertz CT molecular complexity index is 1710. The van der Waals surface area contributed by atoms with Crippen molar-refractivity contribution in [2.24, 2.45) is 5.10 Å². The maximum absolute atomic E-state index is 13.6. The number of rotatable bonds is 13. The van der Waals surface area contributed by atoms with Gasteiger partial charge in [-0.15, -0.1) is 0 Å². The molecule has 0 bridgehead atoms. The maximum atomic E-state index is 13.6. The van der Waals surface area contributed by atoms with Crippen molar-refractivity contribution >= 4 is 33.7 Å². The number of aromatic nitrogens is 1. The van der Waals surface area contributed by atoms with Crippen LogP contribution in [-0.4, -0.2) is 55.0 Å². The monoisotopic (exact) mass is 615 g/mol. The molecule has 0 unspecified atom stereocenters. The van der Waals surface area contributed by atoms with Gasteiger partial charge in [-0.3, -0.25) is 9.59 Å². The summed E-state index contributed by atoms with van der Waals surface area (Å²) in [6, 6.07) is 25.0. The van der Waals surface area contributed by atoms with E-state index in [4.69, 9.17) is 4.74 Å². The van der Waals surface area contributed by atoms with Crippen molar-refractivity contribution in [3.8, 4) is 11.4 Å². The van der Waals surface area contributed by atoms with Crippen LogP contribution in [0.2, 0.25) is 0 Å². The van der Waals surface area contributed by atoms with E-state index in [9.17, 15) is 18.0 Å². The molecule has 0 aliphatic rings. The molecule has 1 aromatic heterocycles. The molecule has 0 atom stereocenters. The van der Waals surface area contributed by atoms with Gasteiger partial charge in [-0.25, -0.2) is 13.8 Å². The van der Waals surface area contributed by atoms with Crippen molar-refractivity contribution in [2.45, 2.75) is 39.0 Å². The van der Waals surface area contributed by atoms with E-state index < -0.39 is 22.5 Å². The number of carbonyl (C=O) groups excluding carboxylic acids is 2. The summed E-state index contributed by atoms with van der Waals surface area (Å²) in [5.41, 5.74) is 7.59. The molecule has 0 radical (unpaired) electrons. The van der Waals surface area contributed by atoms with Gasteiger partial charge in [0, 0.05) is 41.8 Å². The number of amides is 2. The van der Waals surface area contributed by atoms with Gasteiger partial charge < -0.3 is 14.6 Å². The van der Waals surface area contributed by atoms with Gasteiger partial charge in [-0.05, 0) is 87.4 Å². The van der Waals surface area contributed by atoms with Gasteiger partial charge in [0.2, 0.25) is 15.9 Å². The average molecular weight is 616 g/mol. The first kappa shape index (κ1) is 32.2. The Morgan fingerprint density at radius 2 is 1.66 bits per heavy atom. The third-order valence-corrected chi connectivity index (χ3v) is 8.75. The number of carbonyl (C=O) groups is 2. The first-order valence-electron chi connectivity index (χ1n) is 14.2. The minimum atomic E-state index is -4.04. The normalized spacial score (nSPS) is 11.6. The second-order valence-corrected chi connectivity index (χ2v) is 12.1. The molecule has 3 aromatic carbocycles. The summed E-state index contributed by atoms with van der Waals surface area (Å²) in [5, 5.41) is 6.75. The van der Waals surface area contributed by atoms with Gasteiger partial charge in [0.25, 0.3) is 5.91 Å². The lowest BCUT2D eigenvalue weighted by molar-refractivity contribution is -0.121. The predicted octanol–water partition coefficient (Wildman–Crippen LogP) is 4.83. The minimum Gasteiger partial charge on any atom is -0.494 e. The molecule has 1 heterocycles. The van der Waals surface area contributed by atoms with Crippen molar-refractivity contribution in [2.75, 3.05) is 25.0 Å². The van der Waals surface area contributed by atoms with Crippen LogP contribution >= 0.6 is 0 Å². The van der Waals surface area contributed by atoms with Crippen molar-refractivity contribution in [3.05, 3.63) is 107 Å². The lowest BCUT2D eigenvalue weighted by Crippen LogP contribution is -2.40. The highest BCUT2D eigenvalue weighted by atomic mass is 32.2. The largest absolute Gasteiger partial charge is 0.494 e. The van der Waals surface area contributed by atoms with Gasteiger partial charge in [0.1, 0.15) is 5.75 Å². The zero-order valence-corrected chi connectivity index (χ0v) is 26.1. The van der Waals surface area contributed by atoms with E-state index >= 15 is 0 Å². The van der Waals surface area contributed by atoms with Crippen LogP contribution in [0.1, 0.15) is 36.4 Å². The van der Waals surface area contributed by atoms with E-state index in [0.29, 0.717) is 18.7 Å². The number of hydrazone groups is 1. The maximum Gasteiger partial charge on any atom is 0.255 e. The average Bonchev–Trinajstić information content (AvgIpc) is 3.28. The quantitative estimate of drug-likeness (QED) is 0.165. The second kappa shape index (κ2) is 14.6. The molecule has 44 heavy (non-hydrogen) atoms. The molecule has 2 amide bonds. The fraction of sp³-hybridized carbons (Fsp3) is 0.242. The summed E-state index contributed by atoms with van der Waals surface area (Å²) >= 11 is 0. The Morgan fingerprint density at radius 3 is 2.30 bits per heavy atom. The Labute approximate surface area is 258 Å². The summed E-state index contributed by atoms with van der Waals surface area (Å²) in [6.07, 6.45) is 1.97. The number of hydrogen-bond acceptors (Lipinski definition) is 6. The highest BCUT2D eigenvalue weighted by molar-refractivity contribution is 7.89. The number of aryl methyl sites for hydroxylation is 1. The topological polar surface area (TPSA) is 122 Å². The van der Waals surface area contributed by atoms with Crippen LogP contribution in [0.5, 0.6) is 5.75 Å². The standard InChI is InChI=1S/C33H37N5O5S/c1-5-43-31-15-13-30(14-16-31)38-24(2)21-28(25(38)3)22-34-36-33(40)23-37(20-19-27-9-7-6-8-10-27)44(41,42)32-17-11-29(12-18-32)35-26(4)39/h6-18,21-22H,5,19-20,23H2,1-4H3,(H,35,39)(H,36,40)/b34-22+. The summed E-state index contributed by atoms with van der Waals surface area (Å²) in [7, 11) is -4.04. The molecule has 2 N–H and O–H groups in total. The number of nitrogens with zero attached hydrogens (tertiary/aromatic N) is 3. The smallest absolute Gasteiger partial charge is 0.255 e. The number of sulfonamides is 1. The van der Waals surface area contributed by atoms with Crippen LogP contribution in [0, 0.1) is 13.8 Å². The third kappa shape index (κ3) is 8.21. The first-order chi connectivity index (χ1) is 21.1. The molecule has 0 aliphatic carbocycles. The fourth-order valence-electron chi connectivity index (χ4n) is 4.79. The third-order valence-electron chi connectivity index (χ3n) is 6.89. The van der Waals surface area contributed by atoms with Crippen LogP contribution in [0.25, 0.3) is 5.69 Å². The van der Waals surface area contributed by atoms with Crippen LogP contribution < -0.4 is 15.5 Å². The fourth-order valence-corrected chi connectivity index (χ4v) is 6.19. The minimum absolute atomic E-state index is 0.0118. The van der Waals surface area contributed by atoms with Gasteiger partial charge in [0.05, 0.1) is 24.3 Å². The van der Waals surface area contributed by atoms with Crippen molar-refractivity contribution < 1.29 is 22.7 Å². The molecule has 4 rings (SSSR count). The highest BCUT2D eigenvalue weighted by Gasteiger charge is 2.26. The summed E-state index contributed by atoms with van der Waals surface area (Å²) < 4.78 is 36.0. The Hall–Kier alpha value is -4.74. The van der Waals surface area contributed by atoms with Crippen LogP contribution in [0.4, 0.5) is 5.69 Å². The van der Waals surface area contributed by atoms with Crippen LogP contribution in [0.3, 0.4) is 0 Å². The zero-order valence-electron chi connectivity index (χ0n) is 25.3. The van der Waals surface area contributed by atoms with Crippen LogP contribution in [-0.2, 0) is 26.0 Å². The Balaban J connectivity index is 1.48. The van der Waals surface area contributed by atoms with Gasteiger partial charge in [-0.1, -0.05) is 30.3 Å². The van der Waals surface area contributed by atoms with Crippen LogP contribution in [0.15, 0.2) is 94.9 Å². The van der Waals surface area contributed by atoms with E-state index in [1.54, 1.807) is 6.21 Å². The van der Waals surface area contributed by atoms with Crippen molar-refractivity contribution in [1.29, 1.82) is 0 Å². The first-order valence-corrected chi connectivity index (χ1v) is 15.7. The molecular formula is C33H37N5O5S.